The van der Waals surface area contributed by atoms with Crippen molar-refractivity contribution in [1.82, 2.24) is 9.80 Å². The number of nitrogens with zero attached hydrogens (tertiary/aromatic N) is 2. The van der Waals surface area contributed by atoms with E-state index in [1.54, 1.807) is 41.4 Å². The fourth-order valence-electron chi connectivity index (χ4n) is 3.47. The number of benzene rings is 1. The summed E-state index contributed by atoms with van der Waals surface area (Å²) in [6, 6.07) is 9.07. The van der Waals surface area contributed by atoms with E-state index in [0.717, 1.165) is 12.0 Å². The fraction of sp³-hybridized carbons (Fsp3) is 0.364. The van der Waals surface area contributed by atoms with Crippen molar-refractivity contribution < 1.29 is 14.3 Å². The zero-order chi connectivity index (χ0) is 20.8. The molecule has 1 aliphatic heterocycles. The average molecular weight is 433 g/mol. The minimum Gasteiger partial charge on any atom is -0.491 e. The molecule has 0 N–H and O–H groups in total. The predicted octanol–water partition coefficient (Wildman–Crippen LogP) is 4.33. The van der Waals surface area contributed by atoms with Crippen molar-refractivity contribution in [2.45, 2.75) is 25.8 Å². The van der Waals surface area contributed by atoms with E-state index in [0.29, 0.717) is 36.9 Å². The van der Waals surface area contributed by atoms with E-state index in [1.165, 1.54) is 4.88 Å². The van der Waals surface area contributed by atoms with Crippen LogP contribution in [0.15, 0.2) is 48.4 Å². The molecule has 1 aromatic heterocycles. The van der Waals surface area contributed by atoms with Crippen LogP contribution in [0.1, 0.15) is 29.8 Å². The maximum absolute atomic E-state index is 13.1. The number of fused-ring (bicyclic) bond motifs is 1. The maximum Gasteiger partial charge on any atom is 0.242 e. The predicted molar refractivity (Wildman–Crippen MR) is 116 cm³/mol. The molecule has 2 heterocycles. The van der Waals surface area contributed by atoms with Crippen molar-refractivity contribution in [3.05, 3.63) is 63.8 Å². The zero-order valence-corrected chi connectivity index (χ0v) is 18.0. The number of thiophene rings is 1. The summed E-state index contributed by atoms with van der Waals surface area (Å²) in [6.07, 6.45) is 2.83. The highest BCUT2D eigenvalue weighted by Gasteiger charge is 2.33. The van der Waals surface area contributed by atoms with Gasteiger partial charge in [-0.1, -0.05) is 24.6 Å². The van der Waals surface area contributed by atoms with Crippen LogP contribution in [0.2, 0.25) is 5.02 Å². The molecule has 1 aliphatic rings. The third-order valence-corrected chi connectivity index (χ3v) is 6.22. The zero-order valence-electron chi connectivity index (χ0n) is 16.5. The minimum absolute atomic E-state index is 0.0512. The van der Waals surface area contributed by atoms with E-state index in [-0.39, 0.29) is 24.4 Å². The first kappa shape index (κ1) is 21.4. The quantitative estimate of drug-likeness (QED) is 0.583. The molecule has 154 valence electrons. The van der Waals surface area contributed by atoms with Gasteiger partial charge in [-0.3, -0.25) is 9.59 Å². The van der Waals surface area contributed by atoms with Crippen molar-refractivity contribution in [3.8, 4) is 5.75 Å². The number of hydrogen-bond donors (Lipinski definition) is 0. The molecular weight excluding hydrogens is 408 g/mol. The van der Waals surface area contributed by atoms with Gasteiger partial charge in [0.1, 0.15) is 18.9 Å². The molecule has 0 bridgehead atoms. The van der Waals surface area contributed by atoms with Crippen molar-refractivity contribution >= 4 is 34.8 Å². The summed E-state index contributed by atoms with van der Waals surface area (Å²) in [4.78, 5) is 30.0. The molecule has 7 heteroatoms. The smallest absolute Gasteiger partial charge is 0.242 e. The lowest BCUT2D eigenvalue weighted by molar-refractivity contribution is -0.142. The number of rotatable bonds is 8. The molecule has 0 unspecified atom stereocenters. The highest BCUT2D eigenvalue weighted by molar-refractivity contribution is 7.10. The Balaban J connectivity index is 1.76. The van der Waals surface area contributed by atoms with Crippen LogP contribution in [0, 0.1) is 0 Å². The Morgan fingerprint density at radius 3 is 2.79 bits per heavy atom. The molecule has 29 heavy (non-hydrogen) atoms. The fourth-order valence-corrected chi connectivity index (χ4v) is 4.52. The normalized spacial score (nSPS) is 15.5. The van der Waals surface area contributed by atoms with Gasteiger partial charge in [0.15, 0.2) is 0 Å². The van der Waals surface area contributed by atoms with Crippen LogP contribution in [0.25, 0.3) is 0 Å². The number of carbonyl (C=O) groups is 2. The molecular formula is C22H25ClN2O3S. The largest absolute Gasteiger partial charge is 0.491 e. The number of carbonyl (C=O) groups excluding carboxylic acids is 2. The lowest BCUT2D eigenvalue weighted by Crippen LogP contribution is -2.47. The molecule has 0 saturated heterocycles. The third kappa shape index (κ3) is 5.19. The van der Waals surface area contributed by atoms with Crippen LogP contribution in [0.4, 0.5) is 0 Å². The molecule has 0 saturated carbocycles. The van der Waals surface area contributed by atoms with E-state index in [4.69, 9.17) is 16.3 Å². The molecule has 1 aromatic carbocycles. The van der Waals surface area contributed by atoms with Crippen LogP contribution in [-0.2, 0) is 16.0 Å². The van der Waals surface area contributed by atoms with E-state index in [2.05, 4.69) is 18.0 Å². The van der Waals surface area contributed by atoms with Gasteiger partial charge in [-0.15, -0.1) is 17.9 Å². The third-order valence-electron chi connectivity index (χ3n) is 4.97. The summed E-state index contributed by atoms with van der Waals surface area (Å²) in [5.74, 6) is 0.578. The van der Waals surface area contributed by atoms with Crippen LogP contribution < -0.4 is 4.74 Å². The van der Waals surface area contributed by atoms with Crippen molar-refractivity contribution in [1.29, 1.82) is 0 Å². The molecule has 0 radical (unpaired) electrons. The van der Waals surface area contributed by atoms with Crippen LogP contribution >= 0.6 is 22.9 Å². The summed E-state index contributed by atoms with van der Waals surface area (Å²) in [5.41, 5.74) is 1.13. The van der Waals surface area contributed by atoms with Gasteiger partial charge in [-0.05, 0) is 47.7 Å². The number of amides is 2. The summed E-state index contributed by atoms with van der Waals surface area (Å²) in [7, 11) is 0. The maximum atomic E-state index is 13.1. The molecule has 0 aliphatic carbocycles. The van der Waals surface area contributed by atoms with E-state index in [9.17, 15) is 9.59 Å². The van der Waals surface area contributed by atoms with E-state index < -0.39 is 0 Å². The second-order valence-electron chi connectivity index (χ2n) is 6.83. The highest BCUT2D eigenvalue weighted by Crippen LogP contribution is 2.34. The first-order chi connectivity index (χ1) is 14.0. The van der Waals surface area contributed by atoms with Gasteiger partial charge in [0, 0.05) is 29.4 Å². The van der Waals surface area contributed by atoms with Gasteiger partial charge in [-0.2, -0.15) is 0 Å². The molecule has 1 atom stereocenters. The van der Waals surface area contributed by atoms with Crippen LogP contribution in [0.5, 0.6) is 5.75 Å². The van der Waals surface area contributed by atoms with E-state index in [1.807, 2.05) is 17.0 Å². The Bertz CT molecular complexity index is 865. The van der Waals surface area contributed by atoms with E-state index >= 15 is 0 Å². The molecule has 2 aromatic rings. The Hall–Kier alpha value is -2.31. The van der Waals surface area contributed by atoms with Gasteiger partial charge in [0.2, 0.25) is 11.8 Å². The summed E-state index contributed by atoms with van der Waals surface area (Å²) in [5, 5.41) is 2.70. The van der Waals surface area contributed by atoms with Gasteiger partial charge in [0.25, 0.3) is 0 Å². The standard InChI is InChI=1S/C22H25ClN2O3S/c1-3-11-24(21(26)4-2)14-22(27)25-12-9-20-18(10-13-29-20)19(25)15-28-17-7-5-16(23)6-8-17/h3,5-8,10,13,19H,1,4,9,11-12,14-15H2,2H3/t19-/m0/s1. The molecule has 2 amide bonds. The van der Waals surface area contributed by atoms with Crippen LogP contribution in [0.3, 0.4) is 0 Å². The lowest BCUT2D eigenvalue weighted by Gasteiger charge is -2.37. The van der Waals surface area contributed by atoms with Gasteiger partial charge in [0.05, 0.1) is 6.04 Å². The van der Waals surface area contributed by atoms with Crippen molar-refractivity contribution in [3.63, 3.8) is 0 Å². The summed E-state index contributed by atoms with van der Waals surface area (Å²) < 4.78 is 5.98. The number of ether oxygens (including phenoxy) is 1. The van der Waals surface area contributed by atoms with Gasteiger partial charge in [-0.25, -0.2) is 0 Å². The van der Waals surface area contributed by atoms with Gasteiger partial charge < -0.3 is 14.5 Å². The Morgan fingerprint density at radius 2 is 2.10 bits per heavy atom. The topological polar surface area (TPSA) is 49.9 Å². The minimum atomic E-state index is -0.185. The summed E-state index contributed by atoms with van der Waals surface area (Å²) in [6.45, 7) is 6.87. The molecule has 0 spiro atoms. The highest BCUT2D eigenvalue weighted by atomic mass is 35.5. The summed E-state index contributed by atoms with van der Waals surface area (Å²) >= 11 is 7.65. The SMILES string of the molecule is C=CCN(CC(=O)N1CCc2sccc2[C@@H]1COc1ccc(Cl)cc1)C(=O)CC. The molecule has 5 nitrogen and oxygen atoms in total. The first-order valence-electron chi connectivity index (χ1n) is 9.66. The average Bonchev–Trinajstić information content (AvgIpc) is 3.21. The monoisotopic (exact) mass is 432 g/mol. The van der Waals surface area contributed by atoms with Crippen molar-refractivity contribution in [2.24, 2.45) is 0 Å². The second kappa shape index (κ2) is 9.94. The number of hydrogen-bond acceptors (Lipinski definition) is 4. The Morgan fingerprint density at radius 1 is 1.34 bits per heavy atom. The Labute approximate surface area is 180 Å². The first-order valence-corrected chi connectivity index (χ1v) is 10.9. The number of halogens is 1. The molecule has 0 fully saturated rings. The molecule has 3 rings (SSSR count). The lowest BCUT2D eigenvalue weighted by atomic mass is 10.0. The van der Waals surface area contributed by atoms with Crippen LogP contribution in [-0.4, -0.2) is 47.9 Å². The Kier molecular flexibility index (Phi) is 7.34. The second-order valence-corrected chi connectivity index (χ2v) is 8.27. The van der Waals surface area contributed by atoms with Crippen molar-refractivity contribution in [2.75, 3.05) is 26.2 Å². The van der Waals surface area contributed by atoms with Gasteiger partial charge >= 0.3 is 0 Å².